The van der Waals surface area contributed by atoms with Crippen molar-refractivity contribution in [2.24, 2.45) is 0 Å². The quantitative estimate of drug-likeness (QED) is 0.832. The molecule has 4 nitrogen and oxygen atoms in total. The molecule has 2 aliphatic rings. The monoisotopic (exact) mass is 281 g/mol. The summed E-state index contributed by atoms with van der Waals surface area (Å²) in [7, 11) is 0. The molecule has 0 bridgehead atoms. The molecule has 0 spiro atoms. The summed E-state index contributed by atoms with van der Waals surface area (Å²) in [6.07, 6.45) is 0.808. The minimum atomic E-state index is -0.962. The van der Waals surface area contributed by atoms with Gasteiger partial charge in [-0.3, -0.25) is 0 Å². The van der Waals surface area contributed by atoms with E-state index in [1.165, 1.54) is 4.91 Å². The molecule has 1 aromatic rings. The highest BCUT2D eigenvalue weighted by Crippen LogP contribution is 2.49. The maximum absolute atomic E-state index is 10.6. The Balaban J connectivity index is 1.93. The largest absolute Gasteiger partial charge is 0.482 e. The number of carboxylic acid groups (broad SMARTS) is 1. The van der Waals surface area contributed by atoms with Crippen LogP contribution < -0.4 is 4.74 Å². The Morgan fingerprint density at radius 2 is 2.39 bits per heavy atom. The van der Waals surface area contributed by atoms with Crippen LogP contribution in [0, 0.1) is 0 Å². The highest BCUT2D eigenvalue weighted by atomic mass is 32.2. The number of benzene rings is 1. The zero-order valence-electron chi connectivity index (χ0n) is 9.42. The second-order valence-electron chi connectivity index (χ2n) is 4.09. The Labute approximate surface area is 114 Å². The van der Waals surface area contributed by atoms with Gasteiger partial charge in [-0.25, -0.2) is 4.79 Å². The summed E-state index contributed by atoms with van der Waals surface area (Å²) >= 11 is 6.20. The van der Waals surface area contributed by atoms with E-state index in [4.69, 9.17) is 9.84 Å². The molecule has 94 valence electrons. The van der Waals surface area contributed by atoms with E-state index < -0.39 is 5.97 Å². The highest BCUT2D eigenvalue weighted by Gasteiger charge is 2.32. The summed E-state index contributed by atoms with van der Waals surface area (Å²) in [6, 6.07) is 5.73. The lowest BCUT2D eigenvalue weighted by molar-refractivity contribution is -0.139. The zero-order valence-corrected chi connectivity index (χ0v) is 11.1. The summed E-state index contributed by atoms with van der Waals surface area (Å²) < 4.78 is 7.26. The predicted molar refractivity (Wildman–Crippen MR) is 73.5 cm³/mol. The molecule has 18 heavy (non-hydrogen) atoms. The first-order valence-electron chi connectivity index (χ1n) is 5.46. The van der Waals surface area contributed by atoms with E-state index in [1.54, 1.807) is 11.8 Å². The Morgan fingerprint density at radius 1 is 1.56 bits per heavy atom. The zero-order chi connectivity index (χ0) is 12.7. The fourth-order valence-corrected chi connectivity index (χ4v) is 3.72. The molecule has 0 radical (unpaired) electrons. The smallest absolute Gasteiger partial charge is 0.341 e. The van der Waals surface area contributed by atoms with Crippen LogP contribution in [0.2, 0.25) is 0 Å². The van der Waals surface area contributed by atoms with E-state index in [2.05, 4.69) is 12.8 Å². The number of hydrogen-bond donors (Lipinski definition) is 2. The number of carboxylic acids is 1. The van der Waals surface area contributed by atoms with Gasteiger partial charge >= 0.3 is 5.97 Å². The lowest BCUT2D eigenvalue weighted by Crippen LogP contribution is -2.11. The van der Waals surface area contributed by atoms with Crippen molar-refractivity contribution in [3.8, 4) is 5.75 Å². The van der Waals surface area contributed by atoms with Crippen molar-refractivity contribution in [2.45, 2.75) is 6.42 Å². The molecule has 1 aliphatic heterocycles. The average molecular weight is 281 g/mol. The van der Waals surface area contributed by atoms with Crippen LogP contribution in [-0.2, 0) is 11.2 Å². The maximum atomic E-state index is 10.6. The minimum Gasteiger partial charge on any atom is -0.482 e. The van der Waals surface area contributed by atoms with E-state index in [0.717, 1.165) is 29.1 Å². The Hall–Kier alpha value is -1.27. The topological polar surface area (TPSA) is 49.8 Å². The van der Waals surface area contributed by atoms with E-state index in [1.807, 2.05) is 22.5 Å². The summed E-state index contributed by atoms with van der Waals surface area (Å²) in [6.45, 7) is -0.307. The third kappa shape index (κ3) is 1.85. The van der Waals surface area contributed by atoms with Crippen LogP contribution in [0.3, 0.4) is 0 Å². The van der Waals surface area contributed by atoms with Crippen LogP contribution in [0.15, 0.2) is 23.1 Å². The van der Waals surface area contributed by atoms with Crippen molar-refractivity contribution in [2.75, 3.05) is 12.5 Å². The maximum Gasteiger partial charge on any atom is 0.341 e. The lowest BCUT2D eigenvalue weighted by atomic mass is 10.1. The molecule has 0 saturated carbocycles. The minimum absolute atomic E-state index is 0.307. The molecule has 1 heterocycles. The van der Waals surface area contributed by atoms with Crippen LogP contribution >= 0.6 is 24.6 Å². The average Bonchev–Trinajstić information content (AvgIpc) is 2.87. The molecule has 0 unspecified atom stereocenters. The molecule has 0 atom stereocenters. The van der Waals surface area contributed by atoms with Crippen molar-refractivity contribution in [3.05, 3.63) is 34.2 Å². The highest BCUT2D eigenvalue weighted by molar-refractivity contribution is 8.04. The molecular weight excluding hydrogens is 270 g/mol. The second kappa shape index (κ2) is 4.44. The first-order valence-corrected chi connectivity index (χ1v) is 6.84. The van der Waals surface area contributed by atoms with Gasteiger partial charge in [0.2, 0.25) is 0 Å². The van der Waals surface area contributed by atoms with Crippen LogP contribution in [0.1, 0.15) is 11.1 Å². The van der Waals surface area contributed by atoms with Crippen molar-refractivity contribution < 1.29 is 14.6 Å². The summed E-state index contributed by atoms with van der Waals surface area (Å²) in [5.41, 5.74) is 3.31. The van der Waals surface area contributed by atoms with Crippen LogP contribution in [0.4, 0.5) is 0 Å². The van der Waals surface area contributed by atoms with Gasteiger partial charge in [0.05, 0.1) is 11.6 Å². The first kappa shape index (κ1) is 11.8. The van der Waals surface area contributed by atoms with Gasteiger partial charge in [0.25, 0.3) is 0 Å². The van der Waals surface area contributed by atoms with Gasteiger partial charge in [0.1, 0.15) is 5.75 Å². The molecule has 6 heteroatoms. The molecule has 0 fully saturated rings. The molecule has 1 N–H and O–H groups in total. The standard InChI is InChI=1S/C12H11NO3S2/c14-11(15)5-16-9-3-1-2-7-8(9)4-10-12(7)13(17)6-18-10/h1-3,17H,4-6H2,(H,14,15). The van der Waals surface area contributed by atoms with Crippen LogP contribution in [0.25, 0.3) is 5.70 Å². The van der Waals surface area contributed by atoms with E-state index in [-0.39, 0.29) is 6.61 Å². The summed E-state index contributed by atoms with van der Waals surface area (Å²) in [5, 5.41) is 8.67. The fraction of sp³-hybridized carbons (Fsp3) is 0.250. The number of ether oxygens (including phenoxy) is 1. The van der Waals surface area contributed by atoms with Gasteiger partial charge in [0.15, 0.2) is 6.61 Å². The van der Waals surface area contributed by atoms with Crippen molar-refractivity contribution in [1.82, 2.24) is 4.31 Å². The SMILES string of the molecule is O=C(O)COc1cccc2c1CC1=C2N(S)CS1. The van der Waals surface area contributed by atoms with Crippen molar-refractivity contribution in [1.29, 1.82) is 0 Å². The van der Waals surface area contributed by atoms with Gasteiger partial charge in [-0.2, -0.15) is 0 Å². The van der Waals surface area contributed by atoms with Gasteiger partial charge in [-0.1, -0.05) is 24.9 Å². The Morgan fingerprint density at radius 3 is 3.17 bits per heavy atom. The number of aliphatic carboxylic acids is 1. The Kier molecular flexibility index (Phi) is 2.91. The molecule has 1 aliphatic carbocycles. The molecule has 3 rings (SSSR count). The Bertz CT molecular complexity index is 556. The third-order valence-electron chi connectivity index (χ3n) is 2.96. The number of allylic oxidation sites excluding steroid dienone is 1. The lowest BCUT2D eigenvalue weighted by Gasteiger charge is -2.15. The predicted octanol–water partition coefficient (Wildman–Crippen LogP) is 2.23. The molecule has 1 aromatic carbocycles. The summed E-state index contributed by atoms with van der Waals surface area (Å²) in [4.78, 5) is 11.8. The third-order valence-corrected chi connectivity index (χ3v) is 4.57. The molecule has 0 saturated heterocycles. The van der Waals surface area contributed by atoms with Crippen molar-refractivity contribution in [3.63, 3.8) is 0 Å². The number of thiol groups is 1. The van der Waals surface area contributed by atoms with Gasteiger partial charge in [0, 0.05) is 22.5 Å². The number of carbonyl (C=O) groups is 1. The number of thioether (sulfide) groups is 1. The van der Waals surface area contributed by atoms with E-state index >= 15 is 0 Å². The number of hydrogen-bond acceptors (Lipinski definition) is 5. The molecule has 0 amide bonds. The first-order chi connectivity index (χ1) is 8.66. The normalized spacial score (nSPS) is 16.8. The number of nitrogens with zero attached hydrogens (tertiary/aromatic N) is 1. The van der Waals surface area contributed by atoms with E-state index in [9.17, 15) is 4.79 Å². The van der Waals surface area contributed by atoms with Crippen LogP contribution in [-0.4, -0.2) is 27.9 Å². The number of fused-ring (bicyclic) bond motifs is 2. The van der Waals surface area contributed by atoms with Gasteiger partial charge < -0.3 is 14.1 Å². The number of rotatable bonds is 3. The molecular formula is C12H11NO3S2. The summed E-state index contributed by atoms with van der Waals surface area (Å²) in [5.74, 6) is 0.552. The van der Waals surface area contributed by atoms with E-state index in [0.29, 0.717) is 5.75 Å². The second-order valence-corrected chi connectivity index (χ2v) is 5.61. The fourth-order valence-electron chi connectivity index (χ4n) is 2.25. The van der Waals surface area contributed by atoms with Crippen molar-refractivity contribution >= 4 is 36.2 Å². The van der Waals surface area contributed by atoms with Crippen LogP contribution in [0.5, 0.6) is 5.75 Å². The van der Waals surface area contributed by atoms with Gasteiger partial charge in [-0.05, 0) is 6.07 Å². The van der Waals surface area contributed by atoms with Gasteiger partial charge in [-0.15, -0.1) is 11.8 Å². The molecule has 0 aromatic heterocycles.